The summed E-state index contributed by atoms with van der Waals surface area (Å²) < 4.78 is 74.0. The molecular weight excluding hydrogens is 363 g/mol. The van der Waals surface area contributed by atoms with Crippen LogP contribution < -0.4 is 4.74 Å². The summed E-state index contributed by atoms with van der Waals surface area (Å²) in [5, 5.41) is -0.0465. The molecule has 0 aliphatic heterocycles. The maximum Gasteiger partial charge on any atom is 0.195 e. The Hall–Kier alpha value is -2.89. The monoisotopic (exact) mass is 378 g/mol. The lowest BCUT2D eigenvalue weighted by Crippen LogP contribution is -2.04. The molecule has 1 nitrogen and oxygen atoms in total. The van der Waals surface area contributed by atoms with Gasteiger partial charge in [0, 0.05) is 5.39 Å². The topological polar surface area (TPSA) is 9.23 Å². The minimum absolute atomic E-state index is 0.0737. The van der Waals surface area contributed by atoms with Crippen LogP contribution >= 0.6 is 0 Å². The fourth-order valence-corrected chi connectivity index (χ4v) is 2.73. The number of halogens is 5. The molecule has 3 rings (SSSR count). The van der Waals surface area contributed by atoms with E-state index in [0.717, 1.165) is 6.07 Å². The first-order chi connectivity index (χ1) is 12.9. The van der Waals surface area contributed by atoms with E-state index < -0.39 is 35.7 Å². The Labute approximate surface area is 152 Å². The predicted molar refractivity (Wildman–Crippen MR) is 93.0 cm³/mol. The number of aryl methyl sites for hydroxylation is 1. The third-order valence-electron chi connectivity index (χ3n) is 4.17. The maximum atomic E-state index is 14.2. The molecule has 6 heteroatoms. The zero-order valence-electron chi connectivity index (χ0n) is 14.2. The Morgan fingerprint density at radius 1 is 0.852 bits per heavy atom. The number of allylic oxidation sites excluding steroid dienone is 1. The van der Waals surface area contributed by atoms with Crippen LogP contribution in [0.2, 0.25) is 0 Å². The Balaban J connectivity index is 1.82. The van der Waals surface area contributed by atoms with Gasteiger partial charge in [-0.25, -0.2) is 22.0 Å². The lowest BCUT2D eigenvalue weighted by molar-refractivity contribution is 0.292. The van der Waals surface area contributed by atoms with Crippen LogP contribution in [-0.2, 0) is 13.0 Å². The van der Waals surface area contributed by atoms with Gasteiger partial charge in [-0.15, -0.1) is 6.58 Å². The summed E-state index contributed by atoms with van der Waals surface area (Å²) in [6.07, 6.45) is 2.72. The lowest BCUT2D eigenvalue weighted by atomic mass is 10.1. The van der Waals surface area contributed by atoms with Gasteiger partial charge < -0.3 is 4.74 Å². The number of ether oxygens (including phenoxy) is 1. The molecule has 0 bridgehead atoms. The second-order valence-electron chi connectivity index (χ2n) is 6.02. The van der Waals surface area contributed by atoms with E-state index in [2.05, 4.69) is 6.58 Å². The smallest absolute Gasteiger partial charge is 0.195 e. The van der Waals surface area contributed by atoms with Gasteiger partial charge in [-0.3, -0.25) is 0 Å². The van der Waals surface area contributed by atoms with Crippen molar-refractivity contribution in [2.75, 3.05) is 0 Å². The van der Waals surface area contributed by atoms with Crippen molar-refractivity contribution >= 4 is 10.8 Å². The highest BCUT2D eigenvalue weighted by molar-refractivity contribution is 5.84. The maximum absolute atomic E-state index is 14.2. The largest absolute Gasteiger partial charge is 0.489 e. The first kappa shape index (κ1) is 18.9. The molecule has 27 heavy (non-hydrogen) atoms. The minimum atomic E-state index is -1.56. The van der Waals surface area contributed by atoms with Crippen molar-refractivity contribution in [3.05, 3.63) is 89.3 Å². The molecule has 0 spiro atoms. The lowest BCUT2D eigenvalue weighted by Gasteiger charge is -2.11. The van der Waals surface area contributed by atoms with Crippen LogP contribution in [0.3, 0.4) is 0 Å². The van der Waals surface area contributed by atoms with Gasteiger partial charge in [-0.1, -0.05) is 6.08 Å². The zero-order valence-corrected chi connectivity index (χ0v) is 14.2. The molecular formula is C21H15F5O. The van der Waals surface area contributed by atoms with Crippen LogP contribution in [0.4, 0.5) is 22.0 Å². The van der Waals surface area contributed by atoms with Crippen LogP contribution in [0.5, 0.6) is 5.75 Å². The second kappa shape index (κ2) is 7.78. The molecule has 3 aromatic rings. The summed E-state index contributed by atoms with van der Waals surface area (Å²) in [7, 11) is 0. The van der Waals surface area contributed by atoms with E-state index in [-0.39, 0.29) is 22.1 Å². The molecule has 0 radical (unpaired) electrons. The van der Waals surface area contributed by atoms with Crippen molar-refractivity contribution in [3.63, 3.8) is 0 Å². The van der Waals surface area contributed by atoms with E-state index in [1.54, 1.807) is 6.08 Å². The van der Waals surface area contributed by atoms with Gasteiger partial charge in [0.15, 0.2) is 17.5 Å². The molecule has 3 aromatic carbocycles. The van der Waals surface area contributed by atoms with Crippen LogP contribution in [-0.4, -0.2) is 0 Å². The number of fused-ring (bicyclic) bond motifs is 1. The second-order valence-corrected chi connectivity index (χ2v) is 6.02. The molecule has 0 amide bonds. The van der Waals surface area contributed by atoms with Gasteiger partial charge >= 0.3 is 0 Å². The van der Waals surface area contributed by atoms with E-state index in [9.17, 15) is 22.0 Å². The predicted octanol–water partition coefficient (Wildman–Crippen LogP) is 6.23. The Bertz CT molecular complexity index is 990. The fraction of sp³-hybridized carbons (Fsp3) is 0.143. The van der Waals surface area contributed by atoms with E-state index in [0.29, 0.717) is 18.4 Å². The van der Waals surface area contributed by atoms with Crippen LogP contribution in [0.15, 0.2) is 49.1 Å². The van der Waals surface area contributed by atoms with E-state index in [1.165, 1.54) is 30.3 Å². The fourth-order valence-electron chi connectivity index (χ4n) is 2.73. The van der Waals surface area contributed by atoms with E-state index in [4.69, 9.17) is 4.74 Å². The van der Waals surface area contributed by atoms with E-state index >= 15 is 0 Å². The minimum Gasteiger partial charge on any atom is -0.489 e. The van der Waals surface area contributed by atoms with Gasteiger partial charge in [-0.2, -0.15) is 0 Å². The first-order valence-corrected chi connectivity index (χ1v) is 8.18. The number of benzene rings is 3. The Morgan fingerprint density at radius 2 is 1.56 bits per heavy atom. The van der Waals surface area contributed by atoms with Crippen LogP contribution in [0.1, 0.15) is 17.5 Å². The third-order valence-corrected chi connectivity index (χ3v) is 4.17. The summed E-state index contributed by atoms with van der Waals surface area (Å²) in [6.45, 7) is 3.16. The van der Waals surface area contributed by atoms with Gasteiger partial charge in [0.1, 0.15) is 24.0 Å². The summed E-state index contributed by atoms with van der Waals surface area (Å²) >= 11 is 0. The third kappa shape index (κ3) is 3.94. The summed E-state index contributed by atoms with van der Waals surface area (Å²) in [6, 6.07) is 7.11. The normalized spacial score (nSPS) is 11.0. The standard InChI is InChI=1S/C21H15F5O/c1-2-3-4-12-7-17(22)16(18(23)8-12)11-27-14-5-6-15-13(9-14)10-19(24)21(26)20(15)25/h2,5-10H,1,3-4,11H2. The number of hydrogen-bond donors (Lipinski definition) is 0. The van der Waals surface area contributed by atoms with Crippen LogP contribution in [0, 0.1) is 29.1 Å². The van der Waals surface area contributed by atoms with Crippen molar-refractivity contribution in [1.82, 2.24) is 0 Å². The summed E-state index contributed by atoms with van der Waals surface area (Å²) in [5.41, 5.74) is 0.251. The summed E-state index contributed by atoms with van der Waals surface area (Å²) in [4.78, 5) is 0. The SMILES string of the molecule is C=CCCc1cc(F)c(COc2ccc3c(F)c(F)c(F)cc3c2)c(F)c1. The highest BCUT2D eigenvalue weighted by Gasteiger charge is 2.15. The van der Waals surface area contributed by atoms with E-state index in [1.807, 2.05) is 0 Å². The molecule has 140 valence electrons. The number of hydrogen-bond acceptors (Lipinski definition) is 1. The Morgan fingerprint density at radius 3 is 2.22 bits per heavy atom. The molecule has 0 heterocycles. The van der Waals surface area contributed by atoms with Gasteiger partial charge in [0.25, 0.3) is 0 Å². The van der Waals surface area contributed by atoms with Crippen molar-refractivity contribution < 1.29 is 26.7 Å². The highest BCUT2D eigenvalue weighted by atomic mass is 19.2. The molecule has 0 unspecified atom stereocenters. The molecule has 0 N–H and O–H groups in total. The molecule has 0 fully saturated rings. The highest BCUT2D eigenvalue weighted by Crippen LogP contribution is 2.27. The quantitative estimate of drug-likeness (QED) is 0.281. The first-order valence-electron chi connectivity index (χ1n) is 8.18. The number of rotatable bonds is 6. The average Bonchev–Trinajstić information content (AvgIpc) is 2.63. The molecule has 0 saturated carbocycles. The Kier molecular flexibility index (Phi) is 5.44. The van der Waals surface area contributed by atoms with Crippen molar-refractivity contribution in [1.29, 1.82) is 0 Å². The van der Waals surface area contributed by atoms with Gasteiger partial charge in [0.2, 0.25) is 0 Å². The molecule has 0 aliphatic rings. The van der Waals surface area contributed by atoms with Crippen LogP contribution in [0.25, 0.3) is 10.8 Å². The average molecular weight is 378 g/mol. The summed E-state index contributed by atoms with van der Waals surface area (Å²) in [5.74, 6) is -5.53. The van der Waals surface area contributed by atoms with Crippen molar-refractivity contribution in [2.45, 2.75) is 19.4 Å². The molecule has 0 aromatic heterocycles. The van der Waals surface area contributed by atoms with Crippen molar-refractivity contribution in [2.24, 2.45) is 0 Å². The molecule has 0 aliphatic carbocycles. The molecule has 0 atom stereocenters. The van der Waals surface area contributed by atoms with Crippen molar-refractivity contribution in [3.8, 4) is 5.75 Å². The molecule has 0 saturated heterocycles. The zero-order chi connectivity index (χ0) is 19.6. The van der Waals surface area contributed by atoms with Gasteiger partial charge in [-0.05, 0) is 60.2 Å². The van der Waals surface area contributed by atoms with Gasteiger partial charge in [0.05, 0.1) is 5.56 Å².